The van der Waals surface area contributed by atoms with E-state index in [2.05, 4.69) is 9.72 Å². The maximum atomic E-state index is 11.5. The second-order valence-corrected chi connectivity index (χ2v) is 6.13. The predicted octanol–water partition coefficient (Wildman–Crippen LogP) is 1.20. The fraction of sp³-hybridized carbons (Fsp3) is 0.263. The zero-order valence-corrected chi connectivity index (χ0v) is 17.2. The Labute approximate surface area is 181 Å². The lowest BCUT2D eigenvalue weighted by molar-refractivity contribution is 0.111. The molecule has 13 heteroatoms. The van der Waals surface area contributed by atoms with Crippen LogP contribution in [0.1, 0.15) is 18.1 Å². The summed E-state index contributed by atoms with van der Waals surface area (Å²) in [4.78, 5) is 37.7. The van der Waals surface area contributed by atoms with Crippen molar-refractivity contribution >= 4 is 18.3 Å². The van der Waals surface area contributed by atoms with Crippen LogP contribution in [0.2, 0.25) is 0 Å². The molecule has 2 aromatic rings. The molecule has 1 atom stereocenters. The summed E-state index contributed by atoms with van der Waals surface area (Å²) < 4.78 is 25.3. The van der Waals surface area contributed by atoms with Crippen LogP contribution in [0.5, 0.6) is 23.0 Å². The molecular weight excluding hydrogens is 428 g/mol. The summed E-state index contributed by atoms with van der Waals surface area (Å²) in [6, 6.07) is 2.80. The van der Waals surface area contributed by atoms with E-state index in [1.807, 2.05) is 0 Å². The van der Waals surface area contributed by atoms with Crippen molar-refractivity contribution in [3.05, 3.63) is 30.1 Å². The van der Waals surface area contributed by atoms with Crippen LogP contribution in [0.25, 0.3) is 11.1 Å². The van der Waals surface area contributed by atoms with Crippen molar-refractivity contribution in [2.45, 2.75) is 12.5 Å². The molecule has 1 heterocycles. The van der Waals surface area contributed by atoms with Gasteiger partial charge < -0.3 is 46.0 Å². The van der Waals surface area contributed by atoms with Crippen LogP contribution >= 0.6 is 0 Å². The Morgan fingerprint density at radius 3 is 2.03 bits per heavy atom. The standard InChI is InChI=1S/C19H22N4O9/c1-28-13-6-9(12(24)3-4-30-17(20)25)5-10(15(13)31-18(21)26)11-7-23-8-14(29-2)16(11)32-19(22)27/h5-8,12,24H,3-4H2,1-2H3,(H2,20,25)(H2,21,26)(H2,22,27). The third kappa shape index (κ3) is 5.89. The van der Waals surface area contributed by atoms with Gasteiger partial charge in [0.1, 0.15) is 0 Å². The fourth-order valence-corrected chi connectivity index (χ4v) is 2.78. The number of benzene rings is 1. The van der Waals surface area contributed by atoms with Gasteiger partial charge in [-0.3, -0.25) is 4.98 Å². The van der Waals surface area contributed by atoms with Gasteiger partial charge in [0.2, 0.25) is 0 Å². The molecule has 1 unspecified atom stereocenters. The second-order valence-electron chi connectivity index (χ2n) is 6.13. The number of rotatable bonds is 9. The van der Waals surface area contributed by atoms with Crippen molar-refractivity contribution in [1.29, 1.82) is 0 Å². The number of amides is 3. The Kier molecular flexibility index (Phi) is 8.01. The number of ether oxygens (including phenoxy) is 5. The SMILES string of the molecule is COc1cncc(-c2cc(C(O)CCOC(N)=O)cc(OC)c2OC(N)=O)c1OC(N)=O. The highest BCUT2D eigenvalue weighted by Gasteiger charge is 2.25. The van der Waals surface area contributed by atoms with Gasteiger partial charge in [-0.25, -0.2) is 14.4 Å². The van der Waals surface area contributed by atoms with Gasteiger partial charge in [-0.15, -0.1) is 0 Å². The van der Waals surface area contributed by atoms with Crippen LogP contribution in [0.3, 0.4) is 0 Å². The topological polar surface area (TPSA) is 209 Å². The molecule has 2 rings (SSSR count). The van der Waals surface area contributed by atoms with Crippen LogP contribution in [0.4, 0.5) is 14.4 Å². The smallest absolute Gasteiger partial charge is 0.410 e. The van der Waals surface area contributed by atoms with Crippen molar-refractivity contribution in [2.75, 3.05) is 20.8 Å². The lowest BCUT2D eigenvalue weighted by Crippen LogP contribution is -2.19. The zero-order valence-electron chi connectivity index (χ0n) is 17.2. The minimum absolute atomic E-state index is 0.0113. The number of carbonyl (C=O) groups is 3. The van der Waals surface area contributed by atoms with E-state index in [-0.39, 0.29) is 52.7 Å². The van der Waals surface area contributed by atoms with E-state index in [9.17, 15) is 19.5 Å². The number of nitrogens with two attached hydrogens (primary N) is 3. The van der Waals surface area contributed by atoms with Gasteiger partial charge in [0.15, 0.2) is 23.0 Å². The first kappa shape index (κ1) is 24.0. The van der Waals surface area contributed by atoms with E-state index in [0.29, 0.717) is 0 Å². The van der Waals surface area contributed by atoms with E-state index in [4.69, 9.17) is 36.1 Å². The summed E-state index contributed by atoms with van der Waals surface area (Å²) in [5, 5.41) is 10.5. The third-order valence-corrected chi connectivity index (χ3v) is 4.10. The largest absolute Gasteiger partial charge is 0.493 e. The fourth-order valence-electron chi connectivity index (χ4n) is 2.78. The van der Waals surface area contributed by atoms with Crippen molar-refractivity contribution < 1.29 is 43.2 Å². The first-order valence-corrected chi connectivity index (χ1v) is 8.97. The van der Waals surface area contributed by atoms with Crippen LogP contribution in [0, 0.1) is 0 Å². The molecule has 1 aromatic heterocycles. The summed E-state index contributed by atoms with van der Waals surface area (Å²) in [5.41, 5.74) is 15.8. The van der Waals surface area contributed by atoms with Gasteiger partial charge in [-0.05, 0) is 17.7 Å². The summed E-state index contributed by atoms with van der Waals surface area (Å²) in [6.45, 7) is -0.162. The van der Waals surface area contributed by atoms with Crippen molar-refractivity contribution in [3.63, 3.8) is 0 Å². The van der Waals surface area contributed by atoms with E-state index in [0.717, 1.165) is 0 Å². The number of nitrogens with zero attached hydrogens (tertiary/aromatic N) is 1. The van der Waals surface area contributed by atoms with Crippen LogP contribution < -0.4 is 36.1 Å². The van der Waals surface area contributed by atoms with Gasteiger partial charge in [0.25, 0.3) is 0 Å². The molecule has 0 aliphatic heterocycles. The van der Waals surface area contributed by atoms with E-state index >= 15 is 0 Å². The predicted molar refractivity (Wildman–Crippen MR) is 108 cm³/mol. The number of aromatic nitrogens is 1. The van der Waals surface area contributed by atoms with E-state index in [1.54, 1.807) is 0 Å². The number of methoxy groups -OCH3 is 2. The molecule has 0 saturated carbocycles. The number of aliphatic hydroxyl groups is 1. The van der Waals surface area contributed by atoms with Crippen LogP contribution in [-0.2, 0) is 4.74 Å². The molecular formula is C19H22N4O9. The summed E-state index contributed by atoms with van der Waals surface area (Å²) in [6.07, 6.45) is -1.88. The van der Waals surface area contributed by atoms with Crippen molar-refractivity contribution in [1.82, 2.24) is 4.98 Å². The summed E-state index contributed by atoms with van der Waals surface area (Å²) >= 11 is 0. The Morgan fingerprint density at radius 2 is 1.50 bits per heavy atom. The molecule has 0 bridgehead atoms. The number of aliphatic hydroxyl groups excluding tert-OH is 1. The average Bonchev–Trinajstić information content (AvgIpc) is 2.73. The van der Waals surface area contributed by atoms with Crippen LogP contribution in [0.15, 0.2) is 24.5 Å². The van der Waals surface area contributed by atoms with Gasteiger partial charge >= 0.3 is 18.3 Å². The van der Waals surface area contributed by atoms with Gasteiger partial charge in [-0.1, -0.05) is 0 Å². The van der Waals surface area contributed by atoms with E-state index < -0.39 is 24.4 Å². The highest BCUT2D eigenvalue weighted by atomic mass is 16.6. The molecule has 0 aliphatic carbocycles. The number of hydrogen-bond donors (Lipinski definition) is 4. The van der Waals surface area contributed by atoms with Crippen molar-refractivity contribution in [2.24, 2.45) is 17.2 Å². The minimum atomic E-state index is -1.15. The van der Waals surface area contributed by atoms with Gasteiger partial charge in [-0.2, -0.15) is 0 Å². The van der Waals surface area contributed by atoms with Gasteiger partial charge in [0, 0.05) is 18.2 Å². The number of hydrogen-bond acceptors (Lipinski definition) is 10. The Balaban J connectivity index is 2.70. The lowest BCUT2D eigenvalue weighted by atomic mass is 9.97. The molecule has 0 radical (unpaired) electrons. The second kappa shape index (κ2) is 10.7. The zero-order chi connectivity index (χ0) is 23.8. The first-order valence-electron chi connectivity index (χ1n) is 8.97. The monoisotopic (exact) mass is 450 g/mol. The molecule has 3 amide bonds. The molecule has 0 fully saturated rings. The molecule has 0 spiro atoms. The minimum Gasteiger partial charge on any atom is -0.493 e. The first-order chi connectivity index (χ1) is 15.2. The maximum Gasteiger partial charge on any atom is 0.410 e. The van der Waals surface area contributed by atoms with Crippen molar-refractivity contribution in [3.8, 4) is 34.1 Å². The summed E-state index contributed by atoms with van der Waals surface area (Å²) in [5.74, 6) is -0.214. The quantitative estimate of drug-likeness (QED) is 0.429. The highest BCUT2D eigenvalue weighted by molar-refractivity contribution is 5.85. The Morgan fingerprint density at radius 1 is 0.906 bits per heavy atom. The Hall–Kier alpha value is -4.26. The number of primary amides is 3. The highest BCUT2D eigenvalue weighted by Crippen LogP contribution is 2.46. The molecule has 172 valence electrons. The summed E-state index contributed by atoms with van der Waals surface area (Å²) in [7, 11) is 2.61. The molecule has 1 aromatic carbocycles. The third-order valence-electron chi connectivity index (χ3n) is 4.10. The molecule has 13 nitrogen and oxygen atoms in total. The van der Waals surface area contributed by atoms with Crippen LogP contribution in [-0.4, -0.2) is 49.2 Å². The Bertz CT molecular complexity index is 1010. The number of pyridine rings is 1. The average molecular weight is 450 g/mol. The molecule has 0 saturated heterocycles. The molecule has 32 heavy (non-hydrogen) atoms. The molecule has 0 aliphatic rings. The van der Waals surface area contributed by atoms with E-state index in [1.165, 1.54) is 38.7 Å². The maximum absolute atomic E-state index is 11.5. The lowest BCUT2D eigenvalue weighted by Gasteiger charge is -2.19. The number of carbonyl (C=O) groups excluding carboxylic acids is 3. The normalized spacial score (nSPS) is 11.2. The molecule has 7 N–H and O–H groups in total. The van der Waals surface area contributed by atoms with Gasteiger partial charge in [0.05, 0.1) is 38.7 Å².